The summed E-state index contributed by atoms with van der Waals surface area (Å²) >= 11 is 0. The molecule has 1 fully saturated rings. The van der Waals surface area contributed by atoms with Crippen LogP contribution in [0.2, 0.25) is 0 Å². The fourth-order valence-electron chi connectivity index (χ4n) is 2.61. The number of hydrogen-bond donors (Lipinski definition) is 1. The Labute approximate surface area is 127 Å². The van der Waals surface area contributed by atoms with Gasteiger partial charge in [-0.3, -0.25) is 4.79 Å². The molecule has 4 nitrogen and oxygen atoms in total. The van der Waals surface area contributed by atoms with Gasteiger partial charge in [0.2, 0.25) is 5.91 Å². The summed E-state index contributed by atoms with van der Waals surface area (Å²) in [5.74, 6) is 1.21. The van der Waals surface area contributed by atoms with Crippen LogP contribution in [0.1, 0.15) is 25.3 Å². The van der Waals surface area contributed by atoms with E-state index in [0.29, 0.717) is 6.61 Å². The van der Waals surface area contributed by atoms with Gasteiger partial charge in [-0.2, -0.15) is 0 Å². The maximum atomic E-state index is 12.2. The van der Waals surface area contributed by atoms with Gasteiger partial charge < -0.3 is 15.0 Å². The normalized spacial score (nSPS) is 18.2. The topological polar surface area (TPSA) is 41.6 Å². The number of ether oxygens (including phenoxy) is 1. The number of carbonyl (C=O) groups is 1. The van der Waals surface area contributed by atoms with Crippen molar-refractivity contribution in [2.24, 2.45) is 5.92 Å². The molecule has 0 bridgehead atoms. The minimum atomic E-state index is 0.0248. The second-order valence-electron chi connectivity index (χ2n) is 6.06. The summed E-state index contributed by atoms with van der Waals surface area (Å²) in [5, 5.41) is 3.07. The Hall–Kier alpha value is -1.55. The number of carbonyl (C=O) groups excluding carboxylic acids is 1. The van der Waals surface area contributed by atoms with Crippen LogP contribution in [0.25, 0.3) is 0 Å². The van der Waals surface area contributed by atoms with Gasteiger partial charge in [-0.1, -0.05) is 18.2 Å². The van der Waals surface area contributed by atoms with Crippen LogP contribution in [-0.2, 0) is 4.79 Å². The Morgan fingerprint density at radius 1 is 1.38 bits per heavy atom. The lowest BCUT2D eigenvalue weighted by Crippen LogP contribution is -2.43. The third-order valence-electron chi connectivity index (χ3n) is 4.06. The summed E-state index contributed by atoms with van der Waals surface area (Å²) in [4.78, 5) is 14.5. The average molecular weight is 290 g/mol. The Balaban J connectivity index is 1.75. The first-order valence-electron chi connectivity index (χ1n) is 7.73. The van der Waals surface area contributed by atoms with E-state index in [-0.39, 0.29) is 17.9 Å². The van der Waals surface area contributed by atoms with Crippen molar-refractivity contribution in [2.45, 2.75) is 32.7 Å². The van der Waals surface area contributed by atoms with Gasteiger partial charge in [-0.05, 0) is 58.5 Å². The van der Waals surface area contributed by atoms with Gasteiger partial charge in [0.1, 0.15) is 12.4 Å². The van der Waals surface area contributed by atoms with Crippen LogP contribution in [0, 0.1) is 12.8 Å². The number of benzene rings is 1. The maximum absolute atomic E-state index is 12.2. The molecule has 0 radical (unpaired) electrons. The van der Waals surface area contributed by atoms with Crippen LogP contribution in [0.15, 0.2) is 24.3 Å². The predicted molar refractivity (Wildman–Crippen MR) is 84.5 cm³/mol. The standard InChI is InChI=1S/C17H26N2O2/c1-13-6-4-5-7-16(13)21-12-14(2)18-17(20)15-8-10-19(3)11-9-15/h4-7,14-15H,8-12H2,1-3H3,(H,18,20)/t14-/m1/s1. The zero-order chi connectivity index (χ0) is 15.2. The molecule has 21 heavy (non-hydrogen) atoms. The zero-order valence-corrected chi connectivity index (χ0v) is 13.3. The molecule has 0 unspecified atom stereocenters. The molecule has 0 aromatic heterocycles. The van der Waals surface area contributed by atoms with Crippen molar-refractivity contribution >= 4 is 5.91 Å². The van der Waals surface area contributed by atoms with Crippen molar-refractivity contribution in [1.82, 2.24) is 10.2 Å². The van der Waals surface area contributed by atoms with Crippen molar-refractivity contribution in [3.63, 3.8) is 0 Å². The Morgan fingerprint density at radius 3 is 2.71 bits per heavy atom. The molecular weight excluding hydrogens is 264 g/mol. The van der Waals surface area contributed by atoms with Crippen molar-refractivity contribution in [3.05, 3.63) is 29.8 Å². The number of amides is 1. The molecule has 0 saturated carbocycles. The second-order valence-corrected chi connectivity index (χ2v) is 6.06. The first-order chi connectivity index (χ1) is 10.1. The molecule has 1 N–H and O–H groups in total. The molecule has 2 rings (SSSR count). The van der Waals surface area contributed by atoms with Gasteiger partial charge in [0.25, 0.3) is 0 Å². The third-order valence-corrected chi connectivity index (χ3v) is 4.06. The Kier molecular flexibility index (Phi) is 5.62. The van der Waals surface area contributed by atoms with Crippen LogP contribution in [0.4, 0.5) is 0 Å². The molecule has 1 heterocycles. The van der Waals surface area contributed by atoms with Crippen molar-refractivity contribution in [3.8, 4) is 5.75 Å². The number of piperidine rings is 1. The van der Waals surface area contributed by atoms with Gasteiger partial charge in [0.05, 0.1) is 6.04 Å². The SMILES string of the molecule is Cc1ccccc1OC[C@@H](C)NC(=O)C1CCN(C)CC1. The maximum Gasteiger partial charge on any atom is 0.223 e. The largest absolute Gasteiger partial charge is 0.491 e. The molecule has 4 heteroatoms. The van der Waals surface area contributed by atoms with Gasteiger partial charge in [0.15, 0.2) is 0 Å². The number of para-hydroxylation sites is 1. The van der Waals surface area contributed by atoms with Crippen LogP contribution >= 0.6 is 0 Å². The first-order valence-corrected chi connectivity index (χ1v) is 7.73. The van der Waals surface area contributed by atoms with Gasteiger partial charge in [-0.25, -0.2) is 0 Å². The Bertz CT molecular complexity index is 468. The summed E-state index contributed by atoms with van der Waals surface area (Å²) in [6.45, 7) is 6.53. The third kappa shape index (κ3) is 4.74. The highest BCUT2D eigenvalue weighted by atomic mass is 16.5. The molecule has 1 saturated heterocycles. The second kappa shape index (κ2) is 7.46. The van der Waals surface area contributed by atoms with E-state index in [1.165, 1.54) is 0 Å². The minimum absolute atomic E-state index is 0.0248. The average Bonchev–Trinajstić information content (AvgIpc) is 2.47. The quantitative estimate of drug-likeness (QED) is 0.904. The summed E-state index contributed by atoms with van der Waals surface area (Å²) in [6, 6.07) is 7.96. The predicted octanol–water partition coefficient (Wildman–Crippen LogP) is 2.22. The van der Waals surface area contributed by atoms with Crippen LogP contribution in [0.5, 0.6) is 5.75 Å². The zero-order valence-electron chi connectivity index (χ0n) is 13.3. The van der Waals surface area contributed by atoms with E-state index >= 15 is 0 Å². The highest BCUT2D eigenvalue weighted by molar-refractivity contribution is 5.79. The van der Waals surface area contributed by atoms with E-state index in [1.54, 1.807) is 0 Å². The fourth-order valence-corrected chi connectivity index (χ4v) is 2.61. The van der Waals surface area contributed by atoms with Gasteiger partial charge >= 0.3 is 0 Å². The first kappa shape index (κ1) is 15.8. The molecule has 1 atom stereocenters. The van der Waals surface area contributed by atoms with E-state index in [0.717, 1.165) is 37.2 Å². The molecule has 1 aliphatic heterocycles. The van der Waals surface area contributed by atoms with Crippen molar-refractivity contribution in [1.29, 1.82) is 0 Å². The highest BCUT2D eigenvalue weighted by Crippen LogP contribution is 2.17. The molecular formula is C17H26N2O2. The van der Waals surface area contributed by atoms with Crippen LogP contribution in [-0.4, -0.2) is 43.6 Å². The molecule has 116 valence electrons. The highest BCUT2D eigenvalue weighted by Gasteiger charge is 2.24. The number of hydrogen-bond acceptors (Lipinski definition) is 3. The van der Waals surface area contributed by atoms with E-state index in [1.807, 2.05) is 38.1 Å². The lowest BCUT2D eigenvalue weighted by Gasteiger charge is -2.29. The van der Waals surface area contributed by atoms with Crippen molar-refractivity contribution < 1.29 is 9.53 Å². The number of nitrogens with one attached hydrogen (secondary N) is 1. The minimum Gasteiger partial charge on any atom is -0.491 e. The smallest absolute Gasteiger partial charge is 0.223 e. The fraction of sp³-hybridized carbons (Fsp3) is 0.588. The van der Waals surface area contributed by atoms with Crippen LogP contribution < -0.4 is 10.1 Å². The van der Waals surface area contributed by atoms with E-state index in [2.05, 4.69) is 17.3 Å². The lowest BCUT2D eigenvalue weighted by molar-refractivity contribution is -0.127. The Morgan fingerprint density at radius 2 is 2.05 bits per heavy atom. The van der Waals surface area contributed by atoms with E-state index in [9.17, 15) is 4.79 Å². The molecule has 1 aromatic carbocycles. The number of likely N-dealkylation sites (tertiary alicyclic amines) is 1. The number of aryl methyl sites for hydroxylation is 1. The number of rotatable bonds is 5. The molecule has 1 amide bonds. The van der Waals surface area contributed by atoms with E-state index < -0.39 is 0 Å². The summed E-state index contributed by atoms with van der Waals surface area (Å²) in [6.07, 6.45) is 1.90. The molecule has 1 aromatic rings. The lowest BCUT2D eigenvalue weighted by atomic mass is 9.96. The summed E-state index contributed by atoms with van der Waals surface area (Å²) < 4.78 is 5.78. The molecule has 0 aliphatic carbocycles. The number of nitrogens with zero attached hydrogens (tertiary/aromatic N) is 1. The molecule has 0 spiro atoms. The van der Waals surface area contributed by atoms with Gasteiger partial charge in [-0.15, -0.1) is 0 Å². The molecule has 1 aliphatic rings. The summed E-state index contributed by atoms with van der Waals surface area (Å²) in [5.41, 5.74) is 1.12. The summed E-state index contributed by atoms with van der Waals surface area (Å²) in [7, 11) is 2.10. The monoisotopic (exact) mass is 290 g/mol. The van der Waals surface area contributed by atoms with Crippen molar-refractivity contribution in [2.75, 3.05) is 26.7 Å². The van der Waals surface area contributed by atoms with Crippen LogP contribution in [0.3, 0.4) is 0 Å². The van der Waals surface area contributed by atoms with Gasteiger partial charge in [0, 0.05) is 5.92 Å². The van der Waals surface area contributed by atoms with E-state index in [4.69, 9.17) is 4.74 Å².